The molecule has 0 radical (unpaired) electrons. The van der Waals surface area contributed by atoms with Gasteiger partial charge in [0.1, 0.15) is 15.8 Å². The predicted octanol–water partition coefficient (Wildman–Crippen LogP) is 3.14. The molecule has 2 aromatic rings. The SMILES string of the molecule is Cc1cccn2c(=O)c(/C=C3\SC(=S)N(CCCC(=O)O)C3=O)c(NCC(C)C)nc12. The first kappa shape index (κ1) is 23.0. The van der Waals surface area contributed by atoms with Crippen molar-refractivity contribution < 1.29 is 14.7 Å². The van der Waals surface area contributed by atoms with Crippen molar-refractivity contribution in [2.24, 2.45) is 5.92 Å². The van der Waals surface area contributed by atoms with Gasteiger partial charge in [-0.05, 0) is 37.0 Å². The predicted molar refractivity (Wildman–Crippen MR) is 126 cm³/mol. The van der Waals surface area contributed by atoms with Crippen LogP contribution in [0.5, 0.6) is 0 Å². The van der Waals surface area contributed by atoms with Crippen LogP contribution in [0.15, 0.2) is 28.0 Å². The molecule has 164 valence electrons. The number of amides is 1. The molecule has 8 nitrogen and oxygen atoms in total. The van der Waals surface area contributed by atoms with Crippen LogP contribution in [0.1, 0.15) is 37.8 Å². The van der Waals surface area contributed by atoms with Crippen LogP contribution in [0.4, 0.5) is 5.82 Å². The minimum Gasteiger partial charge on any atom is -0.481 e. The Kier molecular flexibility index (Phi) is 7.11. The minimum atomic E-state index is -0.924. The van der Waals surface area contributed by atoms with E-state index in [1.54, 1.807) is 12.3 Å². The molecule has 3 heterocycles. The number of thiocarbonyl (C=S) groups is 1. The van der Waals surface area contributed by atoms with Gasteiger partial charge in [-0.3, -0.25) is 23.7 Å². The number of carboxylic acids is 1. The number of carbonyl (C=O) groups excluding carboxylic acids is 1. The molecule has 1 aliphatic rings. The van der Waals surface area contributed by atoms with Gasteiger partial charge in [-0.1, -0.05) is 43.9 Å². The molecule has 1 aliphatic heterocycles. The zero-order valence-electron chi connectivity index (χ0n) is 17.5. The highest BCUT2D eigenvalue weighted by Gasteiger charge is 2.32. The molecule has 0 aliphatic carbocycles. The highest BCUT2D eigenvalue weighted by molar-refractivity contribution is 8.26. The van der Waals surface area contributed by atoms with Crippen molar-refractivity contribution >= 4 is 57.7 Å². The van der Waals surface area contributed by atoms with Crippen LogP contribution >= 0.6 is 24.0 Å². The number of thioether (sulfide) groups is 1. The van der Waals surface area contributed by atoms with Crippen molar-refractivity contribution in [3.05, 3.63) is 44.7 Å². The van der Waals surface area contributed by atoms with Crippen molar-refractivity contribution in [2.45, 2.75) is 33.6 Å². The van der Waals surface area contributed by atoms with Crippen molar-refractivity contribution in [3.8, 4) is 0 Å². The summed E-state index contributed by atoms with van der Waals surface area (Å²) in [5.41, 5.74) is 1.42. The lowest BCUT2D eigenvalue weighted by molar-refractivity contribution is -0.137. The van der Waals surface area contributed by atoms with Crippen LogP contribution in [0, 0.1) is 12.8 Å². The summed E-state index contributed by atoms with van der Waals surface area (Å²) in [4.78, 5) is 43.2. The average Bonchev–Trinajstić information content (AvgIpc) is 2.96. The number of rotatable bonds is 8. The van der Waals surface area contributed by atoms with Gasteiger partial charge >= 0.3 is 5.97 Å². The fraction of sp³-hybridized carbons (Fsp3) is 0.381. The largest absolute Gasteiger partial charge is 0.481 e. The molecular weight excluding hydrogens is 436 g/mol. The first-order chi connectivity index (χ1) is 14.7. The molecule has 0 spiro atoms. The molecule has 2 aromatic heterocycles. The van der Waals surface area contributed by atoms with Gasteiger partial charge in [0, 0.05) is 25.7 Å². The normalized spacial score (nSPS) is 15.5. The number of aromatic nitrogens is 2. The van der Waals surface area contributed by atoms with E-state index in [2.05, 4.69) is 10.3 Å². The third-order valence-corrected chi connectivity index (χ3v) is 6.06. The van der Waals surface area contributed by atoms with E-state index in [0.29, 0.717) is 39.6 Å². The first-order valence-corrected chi connectivity index (χ1v) is 11.1. The maximum atomic E-state index is 13.3. The lowest BCUT2D eigenvalue weighted by Crippen LogP contribution is -2.29. The Morgan fingerprint density at radius 1 is 1.39 bits per heavy atom. The van der Waals surface area contributed by atoms with Gasteiger partial charge < -0.3 is 10.4 Å². The monoisotopic (exact) mass is 460 g/mol. The molecule has 0 bridgehead atoms. The molecular formula is C21H24N4O4S2. The maximum Gasteiger partial charge on any atom is 0.303 e. The number of nitrogens with one attached hydrogen (secondary N) is 1. The number of carboxylic acid groups (broad SMARTS) is 1. The van der Waals surface area contributed by atoms with E-state index in [1.165, 1.54) is 15.4 Å². The second-order valence-corrected chi connectivity index (χ2v) is 9.35. The average molecular weight is 461 g/mol. The van der Waals surface area contributed by atoms with E-state index in [9.17, 15) is 14.4 Å². The van der Waals surface area contributed by atoms with Crippen LogP contribution in [-0.4, -0.2) is 48.7 Å². The highest BCUT2D eigenvalue weighted by Crippen LogP contribution is 2.33. The standard InChI is InChI=1S/C21H24N4O4S2/c1-12(2)11-22-17-14(19(28)24-8-4-6-13(3)18(24)23-17)10-15-20(29)25(21(30)31-15)9-5-7-16(26)27/h4,6,8,10,12,22H,5,7,9,11H2,1-3H3,(H,26,27)/b15-10-. The third-order valence-electron chi connectivity index (χ3n) is 4.68. The van der Waals surface area contributed by atoms with Gasteiger partial charge in [0.15, 0.2) is 0 Å². The number of aliphatic carboxylic acids is 1. The Labute approximate surface area is 189 Å². The second kappa shape index (κ2) is 9.61. The molecule has 10 heteroatoms. The summed E-state index contributed by atoms with van der Waals surface area (Å²) in [6.45, 7) is 6.82. The van der Waals surface area contributed by atoms with Gasteiger partial charge in [0.05, 0.1) is 10.5 Å². The summed E-state index contributed by atoms with van der Waals surface area (Å²) in [5.74, 6) is -0.502. The Morgan fingerprint density at radius 2 is 2.13 bits per heavy atom. The van der Waals surface area contributed by atoms with E-state index in [-0.39, 0.29) is 30.0 Å². The van der Waals surface area contributed by atoms with Crippen molar-refractivity contribution in [3.63, 3.8) is 0 Å². The highest BCUT2D eigenvalue weighted by atomic mass is 32.2. The van der Waals surface area contributed by atoms with Gasteiger partial charge in [-0.15, -0.1) is 0 Å². The fourth-order valence-corrected chi connectivity index (χ4v) is 4.38. The summed E-state index contributed by atoms with van der Waals surface area (Å²) in [5, 5.41) is 12.0. The second-order valence-electron chi connectivity index (χ2n) is 7.67. The number of fused-ring (bicyclic) bond motifs is 1. The molecule has 1 amide bonds. The molecule has 0 aromatic carbocycles. The zero-order valence-corrected chi connectivity index (χ0v) is 19.2. The summed E-state index contributed by atoms with van der Waals surface area (Å²) < 4.78 is 1.82. The quantitative estimate of drug-likeness (QED) is 0.457. The first-order valence-electron chi connectivity index (χ1n) is 9.92. The topological polar surface area (TPSA) is 104 Å². The van der Waals surface area contributed by atoms with Gasteiger partial charge in [-0.25, -0.2) is 4.98 Å². The molecule has 1 fully saturated rings. The van der Waals surface area contributed by atoms with E-state index >= 15 is 0 Å². The Morgan fingerprint density at radius 3 is 2.81 bits per heavy atom. The van der Waals surface area contributed by atoms with Crippen LogP contribution in [0.3, 0.4) is 0 Å². The molecule has 0 atom stereocenters. The minimum absolute atomic E-state index is 0.0470. The van der Waals surface area contributed by atoms with Gasteiger partial charge in [0.2, 0.25) is 0 Å². The van der Waals surface area contributed by atoms with E-state index in [0.717, 1.165) is 17.3 Å². The number of hydrogen-bond acceptors (Lipinski definition) is 7. The number of aryl methyl sites for hydroxylation is 1. The molecule has 3 rings (SSSR count). The van der Waals surface area contributed by atoms with Crippen LogP contribution < -0.4 is 10.9 Å². The third kappa shape index (κ3) is 5.13. The number of nitrogens with zero attached hydrogens (tertiary/aromatic N) is 3. The smallest absolute Gasteiger partial charge is 0.303 e. The number of pyridine rings is 1. The molecule has 1 saturated heterocycles. The van der Waals surface area contributed by atoms with E-state index in [4.69, 9.17) is 17.3 Å². The van der Waals surface area contributed by atoms with Crippen LogP contribution in [0.25, 0.3) is 11.7 Å². The maximum absolute atomic E-state index is 13.3. The van der Waals surface area contributed by atoms with Crippen molar-refractivity contribution in [1.82, 2.24) is 14.3 Å². The molecule has 31 heavy (non-hydrogen) atoms. The Balaban J connectivity index is 2.02. The van der Waals surface area contributed by atoms with E-state index in [1.807, 2.05) is 26.8 Å². The zero-order chi connectivity index (χ0) is 22.7. The van der Waals surface area contributed by atoms with Crippen LogP contribution in [0.2, 0.25) is 0 Å². The molecule has 2 N–H and O–H groups in total. The van der Waals surface area contributed by atoms with Crippen molar-refractivity contribution in [1.29, 1.82) is 0 Å². The van der Waals surface area contributed by atoms with Gasteiger partial charge in [0.25, 0.3) is 11.5 Å². The molecule has 0 unspecified atom stereocenters. The Bertz CT molecular complexity index is 1140. The summed E-state index contributed by atoms with van der Waals surface area (Å²) in [7, 11) is 0. The summed E-state index contributed by atoms with van der Waals surface area (Å²) in [6, 6.07) is 3.66. The summed E-state index contributed by atoms with van der Waals surface area (Å²) >= 11 is 6.40. The molecule has 0 saturated carbocycles. The number of carbonyl (C=O) groups is 2. The van der Waals surface area contributed by atoms with E-state index < -0.39 is 5.97 Å². The number of hydrogen-bond donors (Lipinski definition) is 2. The fourth-order valence-electron chi connectivity index (χ4n) is 3.09. The lowest BCUT2D eigenvalue weighted by atomic mass is 10.2. The van der Waals surface area contributed by atoms with Gasteiger partial charge in [-0.2, -0.15) is 0 Å². The lowest BCUT2D eigenvalue weighted by Gasteiger charge is -2.14. The Hall–Kier alpha value is -2.72. The number of anilines is 1. The van der Waals surface area contributed by atoms with Crippen molar-refractivity contribution in [2.75, 3.05) is 18.4 Å². The summed E-state index contributed by atoms with van der Waals surface area (Å²) in [6.07, 6.45) is 3.44. The van der Waals surface area contributed by atoms with Crippen LogP contribution in [-0.2, 0) is 9.59 Å².